The fraction of sp³-hybridized carbons (Fsp3) is 0. The molecule has 0 saturated carbocycles. The normalized spacial score (nSPS) is 10.1. The van der Waals surface area contributed by atoms with E-state index in [1.807, 2.05) is 12.1 Å². The summed E-state index contributed by atoms with van der Waals surface area (Å²) in [6.07, 6.45) is 4.03. The van der Waals surface area contributed by atoms with Gasteiger partial charge in [-0.1, -0.05) is 11.6 Å². The van der Waals surface area contributed by atoms with Crippen LogP contribution in [-0.2, 0) is 0 Å². The van der Waals surface area contributed by atoms with Gasteiger partial charge in [0.15, 0.2) is 12.1 Å². The first-order valence-corrected chi connectivity index (χ1v) is 4.43. The predicted molar refractivity (Wildman–Crippen MR) is 54.0 cm³/mol. The van der Waals surface area contributed by atoms with Crippen LogP contribution in [0.2, 0.25) is 5.02 Å². The summed E-state index contributed by atoms with van der Waals surface area (Å²) in [5.41, 5.74) is 0.869. The zero-order valence-electron chi connectivity index (χ0n) is 7.22. The van der Waals surface area contributed by atoms with Gasteiger partial charge in [0.2, 0.25) is 0 Å². The second-order valence-corrected chi connectivity index (χ2v) is 3.19. The zero-order valence-corrected chi connectivity index (χ0v) is 7.98. The Labute approximate surface area is 86.0 Å². The molecule has 0 bridgehead atoms. The Morgan fingerprint density at radius 1 is 1.29 bits per heavy atom. The highest BCUT2D eigenvalue weighted by molar-refractivity contribution is 6.30. The van der Waals surface area contributed by atoms with Crippen molar-refractivity contribution < 1.29 is 4.79 Å². The van der Waals surface area contributed by atoms with Crippen LogP contribution in [0.3, 0.4) is 0 Å². The van der Waals surface area contributed by atoms with E-state index in [0.717, 1.165) is 5.69 Å². The molecule has 1 aromatic heterocycles. The topological polar surface area (TPSA) is 34.9 Å². The molecule has 0 atom stereocenters. The number of hydrogen-bond donors (Lipinski definition) is 0. The van der Waals surface area contributed by atoms with Crippen molar-refractivity contribution in [2.24, 2.45) is 0 Å². The van der Waals surface area contributed by atoms with Crippen molar-refractivity contribution in [1.29, 1.82) is 0 Å². The lowest BCUT2D eigenvalue weighted by Crippen LogP contribution is -1.98. The number of benzene rings is 1. The maximum atomic E-state index is 10.6. The van der Waals surface area contributed by atoms with Gasteiger partial charge < -0.3 is 0 Å². The Balaban J connectivity index is 2.49. The molecule has 2 aromatic rings. The number of carbonyl (C=O) groups excluding carboxylic acids is 1. The molecule has 1 heterocycles. The van der Waals surface area contributed by atoms with Gasteiger partial charge in [0.25, 0.3) is 0 Å². The maximum absolute atomic E-state index is 10.6. The highest BCUT2D eigenvalue weighted by Crippen LogP contribution is 2.14. The molecule has 14 heavy (non-hydrogen) atoms. The van der Waals surface area contributed by atoms with Crippen LogP contribution < -0.4 is 0 Å². The highest BCUT2D eigenvalue weighted by Gasteiger charge is 2.02. The van der Waals surface area contributed by atoms with E-state index in [2.05, 4.69) is 4.98 Å². The molecule has 0 radical (unpaired) electrons. The Hall–Kier alpha value is -1.61. The molecule has 0 aliphatic rings. The van der Waals surface area contributed by atoms with Crippen LogP contribution in [0.5, 0.6) is 0 Å². The second-order valence-electron chi connectivity index (χ2n) is 2.75. The quantitative estimate of drug-likeness (QED) is 0.707. The van der Waals surface area contributed by atoms with Crippen LogP contribution in [0.4, 0.5) is 0 Å². The van der Waals surface area contributed by atoms with Crippen molar-refractivity contribution in [2.45, 2.75) is 0 Å². The van der Waals surface area contributed by atoms with E-state index in [4.69, 9.17) is 11.6 Å². The number of carbonyl (C=O) groups is 1. The van der Waals surface area contributed by atoms with Crippen molar-refractivity contribution >= 4 is 17.9 Å². The van der Waals surface area contributed by atoms with Crippen LogP contribution >= 0.6 is 11.6 Å². The lowest BCUT2D eigenvalue weighted by molar-refractivity contribution is 0.111. The summed E-state index contributed by atoms with van der Waals surface area (Å²) in [7, 11) is 0. The Morgan fingerprint density at radius 2 is 2.00 bits per heavy atom. The van der Waals surface area contributed by atoms with Gasteiger partial charge in [-0.05, 0) is 24.3 Å². The number of halogens is 1. The first-order chi connectivity index (χ1) is 6.81. The number of nitrogens with zero attached hydrogens (tertiary/aromatic N) is 2. The number of hydrogen-bond acceptors (Lipinski definition) is 2. The summed E-state index contributed by atoms with van der Waals surface area (Å²) in [5, 5.41) is 0.668. The van der Waals surface area contributed by atoms with Crippen molar-refractivity contribution in [3.05, 3.63) is 47.5 Å². The molecule has 0 spiro atoms. The molecular weight excluding hydrogens is 200 g/mol. The van der Waals surface area contributed by atoms with E-state index in [-0.39, 0.29) is 0 Å². The molecule has 3 nitrogen and oxygen atoms in total. The lowest BCUT2D eigenvalue weighted by Gasteiger charge is -2.03. The molecule has 0 unspecified atom stereocenters. The van der Waals surface area contributed by atoms with Gasteiger partial charge in [-0.15, -0.1) is 0 Å². The van der Waals surface area contributed by atoms with Gasteiger partial charge in [0.05, 0.1) is 0 Å². The van der Waals surface area contributed by atoms with E-state index in [1.165, 1.54) is 0 Å². The molecule has 4 heteroatoms. The monoisotopic (exact) mass is 206 g/mol. The predicted octanol–water partition coefficient (Wildman–Crippen LogP) is 2.34. The van der Waals surface area contributed by atoms with Crippen molar-refractivity contribution in [3.8, 4) is 5.69 Å². The Bertz CT molecular complexity index is 447. The average Bonchev–Trinajstić information content (AvgIpc) is 2.67. The molecule has 0 saturated heterocycles. The van der Waals surface area contributed by atoms with Gasteiger partial charge in [0, 0.05) is 23.1 Å². The summed E-state index contributed by atoms with van der Waals surface area (Å²) in [4.78, 5) is 14.5. The Morgan fingerprint density at radius 3 is 2.64 bits per heavy atom. The molecule has 0 aliphatic heterocycles. The molecule has 2 rings (SSSR count). The minimum atomic E-state index is 0.382. The summed E-state index contributed by atoms with van der Waals surface area (Å²) < 4.78 is 1.70. The van der Waals surface area contributed by atoms with Crippen LogP contribution in [0.25, 0.3) is 5.69 Å². The van der Waals surface area contributed by atoms with Crippen LogP contribution in [-0.4, -0.2) is 15.8 Å². The van der Waals surface area contributed by atoms with Gasteiger partial charge in [-0.2, -0.15) is 0 Å². The number of rotatable bonds is 2. The van der Waals surface area contributed by atoms with E-state index in [0.29, 0.717) is 17.1 Å². The first kappa shape index (κ1) is 8.97. The highest BCUT2D eigenvalue weighted by atomic mass is 35.5. The fourth-order valence-corrected chi connectivity index (χ4v) is 1.35. The largest absolute Gasteiger partial charge is 0.298 e. The van der Waals surface area contributed by atoms with E-state index in [1.54, 1.807) is 29.1 Å². The molecule has 1 aromatic carbocycles. The lowest BCUT2D eigenvalue weighted by atomic mass is 10.3. The van der Waals surface area contributed by atoms with Crippen LogP contribution in [0, 0.1) is 0 Å². The van der Waals surface area contributed by atoms with E-state index >= 15 is 0 Å². The average molecular weight is 207 g/mol. The van der Waals surface area contributed by atoms with E-state index in [9.17, 15) is 4.79 Å². The summed E-state index contributed by atoms with van der Waals surface area (Å²) in [5.74, 6) is 0.382. The third-order valence-electron chi connectivity index (χ3n) is 1.88. The fourth-order valence-electron chi connectivity index (χ4n) is 1.22. The third-order valence-corrected chi connectivity index (χ3v) is 2.13. The third kappa shape index (κ3) is 1.54. The minimum absolute atomic E-state index is 0.382. The SMILES string of the molecule is O=Cc1nccn1-c1ccc(Cl)cc1. The van der Waals surface area contributed by atoms with Crippen LogP contribution in [0.15, 0.2) is 36.7 Å². The molecule has 0 aliphatic carbocycles. The molecule has 0 N–H and O–H groups in total. The standard InChI is InChI=1S/C10H7ClN2O/c11-8-1-3-9(4-2-8)13-6-5-12-10(13)7-14/h1-7H. The smallest absolute Gasteiger partial charge is 0.185 e. The molecule has 0 fully saturated rings. The van der Waals surface area contributed by atoms with Crippen molar-refractivity contribution in [2.75, 3.05) is 0 Å². The van der Waals surface area contributed by atoms with Crippen LogP contribution in [0.1, 0.15) is 10.6 Å². The molecular formula is C10H7ClN2O. The van der Waals surface area contributed by atoms with Crippen molar-refractivity contribution in [1.82, 2.24) is 9.55 Å². The van der Waals surface area contributed by atoms with Crippen molar-refractivity contribution in [3.63, 3.8) is 0 Å². The van der Waals surface area contributed by atoms with Gasteiger partial charge in [-0.25, -0.2) is 4.98 Å². The summed E-state index contributed by atoms with van der Waals surface area (Å²) in [6.45, 7) is 0. The van der Waals surface area contributed by atoms with Gasteiger partial charge in [0.1, 0.15) is 0 Å². The first-order valence-electron chi connectivity index (χ1n) is 4.06. The zero-order chi connectivity index (χ0) is 9.97. The number of imidazole rings is 1. The van der Waals surface area contributed by atoms with Gasteiger partial charge in [-0.3, -0.25) is 9.36 Å². The molecule has 70 valence electrons. The number of aromatic nitrogens is 2. The summed E-state index contributed by atoms with van der Waals surface area (Å²) in [6, 6.07) is 7.20. The maximum Gasteiger partial charge on any atom is 0.185 e. The molecule has 0 amide bonds. The summed E-state index contributed by atoms with van der Waals surface area (Å²) >= 11 is 5.75. The second kappa shape index (κ2) is 3.64. The number of aldehydes is 1. The minimum Gasteiger partial charge on any atom is -0.298 e. The van der Waals surface area contributed by atoms with E-state index < -0.39 is 0 Å². The van der Waals surface area contributed by atoms with Gasteiger partial charge >= 0.3 is 0 Å². The Kier molecular flexibility index (Phi) is 2.33.